The van der Waals surface area contributed by atoms with Gasteiger partial charge in [0, 0.05) is 19.2 Å². The average Bonchev–Trinajstić information content (AvgIpc) is 2.58. The smallest absolute Gasteiger partial charge is 0.224 e. The highest BCUT2D eigenvalue weighted by Gasteiger charge is 2.22. The SMILES string of the molecule is COCCOc1ccc(NC(=O)CC(C)C2CCNCC2)c(C)c1. The highest BCUT2D eigenvalue weighted by atomic mass is 16.5. The van der Waals surface area contributed by atoms with Gasteiger partial charge in [-0.05, 0) is 68.5 Å². The average molecular weight is 334 g/mol. The summed E-state index contributed by atoms with van der Waals surface area (Å²) < 4.78 is 10.6. The van der Waals surface area contributed by atoms with Crippen LogP contribution in [0.3, 0.4) is 0 Å². The van der Waals surface area contributed by atoms with Crippen molar-refractivity contribution in [1.29, 1.82) is 0 Å². The zero-order valence-electron chi connectivity index (χ0n) is 15.1. The third-order valence-electron chi connectivity index (χ3n) is 4.72. The van der Waals surface area contributed by atoms with Gasteiger partial charge < -0.3 is 20.1 Å². The second kappa shape index (κ2) is 9.64. The Kier molecular flexibility index (Phi) is 7.53. The van der Waals surface area contributed by atoms with Crippen LogP contribution >= 0.6 is 0 Å². The maximum atomic E-state index is 12.3. The van der Waals surface area contributed by atoms with Crippen molar-refractivity contribution < 1.29 is 14.3 Å². The summed E-state index contributed by atoms with van der Waals surface area (Å²) >= 11 is 0. The van der Waals surface area contributed by atoms with Crippen molar-refractivity contribution in [1.82, 2.24) is 5.32 Å². The number of ether oxygens (including phenoxy) is 2. The molecule has 1 heterocycles. The Morgan fingerprint density at radius 2 is 2.08 bits per heavy atom. The summed E-state index contributed by atoms with van der Waals surface area (Å²) in [5.74, 6) is 1.96. The van der Waals surface area contributed by atoms with Crippen LogP contribution in [0.2, 0.25) is 0 Å². The minimum atomic E-state index is 0.0946. The van der Waals surface area contributed by atoms with Gasteiger partial charge in [0.2, 0.25) is 5.91 Å². The quantitative estimate of drug-likeness (QED) is 0.718. The number of hydrogen-bond donors (Lipinski definition) is 2. The fraction of sp³-hybridized carbons (Fsp3) is 0.632. The number of rotatable bonds is 8. The van der Waals surface area contributed by atoms with Crippen LogP contribution in [0.1, 0.15) is 31.7 Å². The molecule has 1 aromatic carbocycles. The van der Waals surface area contributed by atoms with Crippen LogP contribution in [-0.2, 0) is 9.53 Å². The van der Waals surface area contributed by atoms with Gasteiger partial charge in [0.1, 0.15) is 12.4 Å². The molecule has 0 radical (unpaired) electrons. The molecule has 0 aliphatic carbocycles. The molecule has 1 aliphatic heterocycles. The summed E-state index contributed by atoms with van der Waals surface area (Å²) in [6.45, 7) is 7.40. The molecule has 1 saturated heterocycles. The first-order valence-corrected chi connectivity index (χ1v) is 8.83. The van der Waals surface area contributed by atoms with Crippen molar-refractivity contribution in [3.05, 3.63) is 23.8 Å². The third kappa shape index (κ3) is 5.80. The molecule has 0 aromatic heterocycles. The second-order valence-electron chi connectivity index (χ2n) is 6.64. The van der Waals surface area contributed by atoms with Crippen LogP contribution in [0, 0.1) is 18.8 Å². The summed E-state index contributed by atoms with van der Waals surface area (Å²) in [6, 6.07) is 5.74. The largest absolute Gasteiger partial charge is 0.491 e. The third-order valence-corrected chi connectivity index (χ3v) is 4.72. The predicted molar refractivity (Wildman–Crippen MR) is 96.6 cm³/mol. The Bertz CT molecular complexity index is 527. The van der Waals surface area contributed by atoms with Gasteiger partial charge >= 0.3 is 0 Å². The first kappa shape index (κ1) is 18.7. The van der Waals surface area contributed by atoms with E-state index in [-0.39, 0.29) is 5.91 Å². The summed E-state index contributed by atoms with van der Waals surface area (Å²) in [4.78, 5) is 12.3. The van der Waals surface area contributed by atoms with Crippen LogP contribution in [0.5, 0.6) is 5.75 Å². The van der Waals surface area contributed by atoms with Crippen molar-refractivity contribution in [3.8, 4) is 5.75 Å². The molecule has 134 valence electrons. The number of anilines is 1. The molecule has 1 atom stereocenters. The molecule has 5 nitrogen and oxygen atoms in total. The van der Waals surface area contributed by atoms with E-state index in [9.17, 15) is 4.79 Å². The van der Waals surface area contributed by atoms with Crippen molar-refractivity contribution in [2.24, 2.45) is 11.8 Å². The van der Waals surface area contributed by atoms with Gasteiger partial charge in [-0.1, -0.05) is 6.92 Å². The first-order valence-electron chi connectivity index (χ1n) is 8.83. The Balaban J connectivity index is 1.84. The normalized spacial score (nSPS) is 16.6. The molecular formula is C19H30N2O3. The van der Waals surface area contributed by atoms with E-state index < -0.39 is 0 Å². The number of piperidine rings is 1. The second-order valence-corrected chi connectivity index (χ2v) is 6.64. The molecule has 2 rings (SSSR count). The van der Waals surface area contributed by atoms with E-state index in [4.69, 9.17) is 9.47 Å². The number of aryl methyl sites for hydroxylation is 1. The molecule has 0 bridgehead atoms. The maximum Gasteiger partial charge on any atom is 0.224 e. The highest BCUT2D eigenvalue weighted by molar-refractivity contribution is 5.91. The standard InChI is InChI=1S/C19H30N2O3/c1-14(16-6-8-20-9-7-16)13-19(22)21-18-5-4-17(12-15(18)2)24-11-10-23-3/h4-5,12,14,16,20H,6-11,13H2,1-3H3,(H,21,22). The van der Waals surface area contributed by atoms with Crippen LogP contribution in [0.4, 0.5) is 5.69 Å². The van der Waals surface area contributed by atoms with E-state index in [1.54, 1.807) is 7.11 Å². The molecule has 2 N–H and O–H groups in total. The number of methoxy groups -OCH3 is 1. The fourth-order valence-corrected chi connectivity index (χ4v) is 3.18. The number of carbonyl (C=O) groups excluding carboxylic acids is 1. The summed E-state index contributed by atoms with van der Waals surface area (Å²) in [7, 11) is 1.65. The number of hydrogen-bond acceptors (Lipinski definition) is 4. The number of amides is 1. The molecule has 1 amide bonds. The molecule has 0 saturated carbocycles. The minimum Gasteiger partial charge on any atom is -0.491 e. The summed E-state index contributed by atoms with van der Waals surface area (Å²) in [5, 5.41) is 6.41. The van der Waals surface area contributed by atoms with Crippen molar-refractivity contribution >= 4 is 11.6 Å². The van der Waals surface area contributed by atoms with Crippen molar-refractivity contribution in [2.45, 2.75) is 33.1 Å². The number of nitrogens with one attached hydrogen (secondary N) is 2. The monoisotopic (exact) mass is 334 g/mol. The molecule has 1 aliphatic rings. The number of benzene rings is 1. The lowest BCUT2D eigenvalue weighted by atomic mass is 9.84. The Morgan fingerprint density at radius 1 is 1.33 bits per heavy atom. The summed E-state index contributed by atoms with van der Waals surface area (Å²) in [5.41, 5.74) is 1.87. The lowest BCUT2D eigenvalue weighted by Crippen LogP contribution is -2.32. The highest BCUT2D eigenvalue weighted by Crippen LogP contribution is 2.26. The topological polar surface area (TPSA) is 59.6 Å². The van der Waals surface area contributed by atoms with E-state index in [0.717, 1.165) is 30.1 Å². The Hall–Kier alpha value is -1.59. The lowest BCUT2D eigenvalue weighted by Gasteiger charge is -2.28. The van der Waals surface area contributed by atoms with Gasteiger partial charge in [-0.15, -0.1) is 0 Å². The van der Waals surface area contributed by atoms with Crippen molar-refractivity contribution in [2.75, 3.05) is 38.7 Å². The number of carbonyl (C=O) groups is 1. The molecule has 1 fully saturated rings. The molecule has 5 heteroatoms. The molecule has 1 aromatic rings. The van der Waals surface area contributed by atoms with Gasteiger partial charge in [0.15, 0.2) is 0 Å². The molecule has 1 unspecified atom stereocenters. The van der Waals surface area contributed by atoms with E-state index in [0.29, 0.717) is 31.5 Å². The maximum absolute atomic E-state index is 12.3. The molecular weight excluding hydrogens is 304 g/mol. The van der Waals surface area contributed by atoms with Gasteiger partial charge in [-0.3, -0.25) is 4.79 Å². The Labute approximate surface area is 145 Å². The van der Waals surface area contributed by atoms with Gasteiger partial charge in [0.05, 0.1) is 6.61 Å². The first-order chi connectivity index (χ1) is 11.6. The fourth-order valence-electron chi connectivity index (χ4n) is 3.18. The Morgan fingerprint density at radius 3 is 2.75 bits per heavy atom. The molecule has 0 spiro atoms. The van der Waals surface area contributed by atoms with E-state index in [1.165, 1.54) is 12.8 Å². The van der Waals surface area contributed by atoms with E-state index >= 15 is 0 Å². The zero-order valence-corrected chi connectivity index (χ0v) is 15.1. The van der Waals surface area contributed by atoms with Crippen LogP contribution in [0.15, 0.2) is 18.2 Å². The summed E-state index contributed by atoms with van der Waals surface area (Å²) in [6.07, 6.45) is 2.91. The van der Waals surface area contributed by atoms with Crippen molar-refractivity contribution in [3.63, 3.8) is 0 Å². The van der Waals surface area contributed by atoms with Crippen LogP contribution in [0.25, 0.3) is 0 Å². The van der Waals surface area contributed by atoms with E-state index in [1.807, 2.05) is 25.1 Å². The van der Waals surface area contributed by atoms with Crippen LogP contribution in [-0.4, -0.2) is 39.3 Å². The van der Waals surface area contributed by atoms with Crippen LogP contribution < -0.4 is 15.4 Å². The van der Waals surface area contributed by atoms with Gasteiger partial charge in [-0.25, -0.2) is 0 Å². The molecule has 24 heavy (non-hydrogen) atoms. The predicted octanol–water partition coefficient (Wildman–Crippen LogP) is 2.98. The zero-order chi connectivity index (χ0) is 17.4. The minimum absolute atomic E-state index is 0.0946. The lowest BCUT2D eigenvalue weighted by molar-refractivity contribution is -0.117. The van der Waals surface area contributed by atoms with E-state index in [2.05, 4.69) is 17.6 Å². The van der Waals surface area contributed by atoms with Gasteiger partial charge in [-0.2, -0.15) is 0 Å². The van der Waals surface area contributed by atoms with Gasteiger partial charge in [0.25, 0.3) is 0 Å².